The number of nitrogens with zero attached hydrogens (tertiary/aromatic N) is 3. The van der Waals surface area contributed by atoms with E-state index in [-0.39, 0.29) is 10.8 Å². The molecular formula is C17H17N5O3S2. The highest BCUT2D eigenvalue weighted by molar-refractivity contribution is 8.00. The van der Waals surface area contributed by atoms with Gasteiger partial charge in [0.2, 0.25) is 15.9 Å². The van der Waals surface area contributed by atoms with E-state index in [0.717, 1.165) is 5.69 Å². The fourth-order valence-corrected chi connectivity index (χ4v) is 3.61. The Labute approximate surface area is 160 Å². The molecule has 0 saturated heterocycles. The van der Waals surface area contributed by atoms with Crippen molar-refractivity contribution in [3.63, 3.8) is 0 Å². The first-order chi connectivity index (χ1) is 12.8. The third-order valence-corrected chi connectivity index (χ3v) is 5.64. The Balaban J connectivity index is 1.68. The fraction of sp³-hybridized carbons (Fsp3) is 0.118. The van der Waals surface area contributed by atoms with Crippen LogP contribution in [0.2, 0.25) is 0 Å². The molecule has 0 unspecified atom stereocenters. The Hall–Kier alpha value is -2.69. The number of sulfonamides is 1. The van der Waals surface area contributed by atoms with E-state index in [2.05, 4.69) is 15.5 Å². The number of thioether (sulfide) groups is 1. The highest BCUT2D eigenvalue weighted by Crippen LogP contribution is 2.24. The molecule has 0 bridgehead atoms. The molecule has 140 valence electrons. The van der Waals surface area contributed by atoms with Crippen LogP contribution in [0.3, 0.4) is 0 Å². The first-order valence-corrected chi connectivity index (χ1v) is 10.3. The molecule has 0 saturated carbocycles. The lowest BCUT2D eigenvalue weighted by atomic mass is 10.3. The Morgan fingerprint density at radius 1 is 1.15 bits per heavy atom. The highest BCUT2D eigenvalue weighted by atomic mass is 32.2. The summed E-state index contributed by atoms with van der Waals surface area (Å²) >= 11 is 1.27. The van der Waals surface area contributed by atoms with Crippen LogP contribution in [0.5, 0.6) is 0 Å². The van der Waals surface area contributed by atoms with Gasteiger partial charge in [-0.25, -0.2) is 13.6 Å². The van der Waals surface area contributed by atoms with E-state index in [1.165, 1.54) is 36.0 Å². The topological polar surface area (TPSA) is 120 Å². The number of nitrogens with one attached hydrogen (secondary N) is 1. The maximum absolute atomic E-state index is 12.4. The minimum Gasteiger partial charge on any atom is -0.325 e. The number of benzene rings is 2. The summed E-state index contributed by atoms with van der Waals surface area (Å²) in [5.74, 6) is -0.244. The molecule has 1 aromatic heterocycles. The van der Waals surface area contributed by atoms with Crippen molar-refractivity contribution in [2.45, 2.75) is 22.2 Å². The number of anilines is 1. The van der Waals surface area contributed by atoms with E-state index in [1.54, 1.807) is 17.8 Å². The summed E-state index contributed by atoms with van der Waals surface area (Å²) < 4.78 is 24.3. The van der Waals surface area contributed by atoms with Gasteiger partial charge in [0.1, 0.15) is 6.33 Å². The van der Waals surface area contributed by atoms with Crippen LogP contribution in [-0.2, 0) is 14.8 Å². The second-order valence-corrected chi connectivity index (χ2v) is 8.51. The third kappa shape index (κ3) is 4.73. The molecule has 2 aromatic carbocycles. The van der Waals surface area contributed by atoms with Crippen molar-refractivity contribution in [1.29, 1.82) is 0 Å². The van der Waals surface area contributed by atoms with Gasteiger partial charge in [0.25, 0.3) is 0 Å². The number of nitrogens with two attached hydrogens (primary N) is 1. The number of hydrogen-bond acceptors (Lipinski definition) is 6. The Bertz CT molecular complexity index is 1030. The molecule has 3 N–H and O–H groups in total. The summed E-state index contributed by atoms with van der Waals surface area (Å²) in [4.78, 5) is 12.4. The van der Waals surface area contributed by atoms with Crippen molar-refractivity contribution < 1.29 is 13.2 Å². The second-order valence-electron chi connectivity index (χ2n) is 5.64. The van der Waals surface area contributed by atoms with Gasteiger partial charge in [-0.15, -0.1) is 10.2 Å². The van der Waals surface area contributed by atoms with Gasteiger partial charge in [-0.1, -0.05) is 30.0 Å². The maximum Gasteiger partial charge on any atom is 0.238 e. The van der Waals surface area contributed by atoms with E-state index >= 15 is 0 Å². The molecular weight excluding hydrogens is 386 g/mol. The lowest BCUT2D eigenvalue weighted by molar-refractivity contribution is -0.115. The van der Waals surface area contributed by atoms with Crippen LogP contribution in [0, 0.1) is 0 Å². The van der Waals surface area contributed by atoms with E-state index < -0.39 is 15.3 Å². The summed E-state index contributed by atoms with van der Waals surface area (Å²) in [7, 11) is -3.76. The number of rotatable bonds is 6. The SMILES string of the molecule is C[C@@H](Sc1nncn1-c1ccccc1)C(=O)Nc1ccc(S(N)(=O)=O)cc1. The van der Waals surface area contributed by atoms with Crippen molar-refractivity contribution in [1.82, 2.24) is 14.8 Å². The number of hydrogen-bond donors (Lipinski definition) is 2. The molecule has 27 heavy (non-hydrogen) atoms. The first kappa shape index (κ1) is 19.1. The van der Waals surface area contributed by atoms with Crippen LogP contribution in [0.15, 0.2) is 71.0 Å². The molecule has 0 spiro atoms. The van der Waals surface area contributed by atoms with Gasteiger partial charge >= 0.3 is 0 Å². The number of carbonyl (C=O) groups excluding carboxylic acids is 1. The van der Waals surface area contributed by atoms with Crippen molar-refractivity contribution in [3.05, 3.63) is 60.9 Å². The third-order valence-electron chi connectivity index (χ3n) is 3.65. The van der Waals surface area contributed by atoms with Crippen LogP contribution in [0.1, 0.15) is 6.92 Å². The lowest BCUT2D eigenvalue weighted by Crippen LogP contribution is -2.23. The minimum atomic E-state index is -3.76. The molecule has 8 nitrogen and oxygen atoms in total. The van der Waals surface area contributed by atoms with Crippen LogP contribution in [0.25, 0.3) is 5.69 Å². The number of amides is 1. The second kappa shape index (κ2) is 7.91. The van der Waals surface area contributed by atoms with Gasteiger partial charge < -0.3 is 5.32 Å². The van der Waals surface area contributed by atoms with Gasteiger partial charge in [-0.2, -0.15) is 0 Å². The summed E-state index contributed by atoms with van der Waals surface area (Å²) in [6.45, 7) is 1.75. The van der Waals surface area contributed by atoms with Crippen molar-refractivity contribution in [2.24, 2.45) is 5.14 Å². The molecule has 0 aliphatic heterocycles. The number of carbonyl (C=O) groups is 1. The van der Waals surface area contributed by atoms with E-state index in [0.29, 0.717) is 10.8 Å². The zero-order chi connectivity index (χ0) is 19.4. The molecule has 0 fully saturated rings. The standard InChI is InChI=1S/C17H17N5O3S2/c1-12(16(23)20-13-7-9-15(10-8-13)27(18,24)25)26-17-21-19-11-22(17)14-5-3-2-4-6-14/h2-12H,1H3,(H,20,23)(H2,18,24,25)/t12-/m1/s1. The molecule has 0 radical (unpaired) electrons. The highest BCUT2D eigenvalue weighted by Gasteiger charge is 2.19. The summed E-state index contributed by atoms with van der Waals surface area (Å²) in [6, 6.07) is 15.2. The van der Waals surface area contributed by atoms with E-state index in [9.17, 15) is 13.2 Å². The van der Waals surface area contributed by atoms with E-state index in [4.69, 9.17) is 5.14 Å². The zero-order valence-electron chi connectivity index (χ0n) is 14.3. The number of primary sulfonamides is 1. The van der Waals surface area contributed by atoms with Gasteiger partial charge in [0, 0.05) is 11.4 Å². The van der Waals surface area contributed by atoms with Crippen LogP contribution < -0.4 is 10.5 Å². The minimum absolute atomic E-state index is 0.0149. The molecule has 0 aliphatic rings. The van der Waals surface area contributed by atoms with Gasteiger partial charge in [0.15, 0.2) is 5.16 Å². The van der Waals surface area contributed by atoms with Crippen molar-refractivity contribution in [3.8, 4) is 5.69 Å². The molecule has 1 heterocycles. The largest absolute Gasteiger partial charge is 0.325 e. The molecule has 1 amide bonds. The quantitative estimate of drug-likeness (QED) is 0.608. The summed E-state index contributed by atoms with van der Waals surface area (Å²) in [5, 5.41) is 15.9. The average Bonchev–Trinajstić information content (AvgIpc) is 3.10. The molecule has 0 aliphatic carbocycles. The first-order valence-electron chi connectivity index (χ1n) is 7.90. The van der Waals surface area contributed by atoms with Gasteiger partial charge in [0.05, 0.1) is 10.1 Å². The van der Waals surface area contributed by atoms with E-state index in [1.807, 2.05) is 30.3 Å². The monoisotopic (exact) mass is 403 g/mol. The smallest absolute Gasteiger partial charge is 0.238 e. The Kier molecular flexibility index (Phi) is 5.59. The van der Waals surface area contributed by atoms with Crippen molar-refractivity contribution in [2.75, 3.05) is 5.32 Å². The maximum atomic E-state index is 12.4. The number of para-hydroxylation sites is 1. The predicted molar refractivity (Wildman–Crippen MR) is 103 cm³/mol. The summed E-state index contributed by atoms with van der Waals surface area (Å²) in [5.41, 5.74) is 1.38. The van der Waals surface area contributed by atoms with Gasteiger partial charge in [-0.05, 0) is 43.3 Å². The Morgan fingerprint density at radius 2 is 1.81 bits per heavy atom. The molecule has 10 heteroatoms. The average molecular weight is 403 g/mol. The molecule has 1 atom stereocenters. The summed E-state index contributed by atoms with van der Waals surface area (Å²) in [6.07, 6.45) is 1.59. The fourth-order valence-electron chi connectivity index (χ4n) is 2.25. The predicted octanol–water partition coefficient (Wildman–Crippen LogP) is 2.03. The van der Waals surface area contributed by atoms with Gasteiger partial charge in [-0.3, -0.25) is 9.36 Å². The normalized spacial score (nSPS) is 12.5. The zero-order valence-corrected chi connectivity index (χ0v) is 15.9. The Morgan fingerprint density at radius 3 is 2.44 bits per heavy atom. The van der Waals surface area contributed by atoms with Crippen LogP contribution in [-0.4, -0.2) is 34.3 Å². The van der Waals surface area contributed by atoms with Crippen molar-refractivity contribution >= 4 is 33.4 Å². The number of aromatic nitrogens is 3. The molecule has 3 rings (SSSR count). The van der Waals surface area contributed by atoms with Crippen LogP contribution in [0.4, 0.5) is 5.69 Å². The lowest BCUT2D eigenvalue weighted by Gasteiger charge is -2.12. The molecule has 3 aromatic rings. The van der Waals surface area contributed by atoms with Crippen LogP contribution >= 0.6 is 11.8 Å².